The molecule has 0 saturated heterocycles. The SMILES string of the molecule is O=C(CSc1n[nH]c(-c2ccccc2)n1)Nc1ccc(I)cc1. The Morgan fingerprint density at radius 2 is 1.87 bits per heavy atom. The van der Waals surface area contributed by atoms with Crippen LogP contribution in [0, 0.1) is 3.57 Å². The lowest BCUT2D eigenvalue weighted by molar-refractivity contribution is -0.113. The van der Waals surface area contributed by atoms with E-state index in [2.05, 4.69) is 43.1 Å². The lowest BCUT2D eigenvalue weighted by Crippen LogP contribution is -2.14. The van der Waals surface area contributed by atoms with Crippen LogP contribution in [-0.4, -0.2) is 26.8 Å². The quantitative estimate of drug-likeness (QED) is 0.472. The lowest BCUT2D eigenvalue weighted by Gasteiger charge is -2.03. The Morgan fingerprint density at radius 1 is 1.13 bits per heavy atom. The Bertz CT molecular complexity index is 789. The smallest absolute Gasteiger partial charge is 0.234 e. The summed E-state index contributed by atoms with van der Waals surface area (Å²) >= 11 is 3.52. The van der Waals surface area contributed by atoms with Gasteiger partial charge in [-0.05, 0) is 46.9 Å². The molecule has 116 valence electrons. The van der Waals surface area contributed by atoms with Gasteiger partial charge in [0.05, 0.1) is 5.75 Å². The van der Waals surface area contributed by atoms with Crippen LogP contribution >= 0.6 is 34.4 Å². The molecule has 0 spiro atoms. The number of amides is 1. The molecule has 0 saturated carbocycles. The van der Waals surface area contributed by atoms with Crippen molar-refractivity contribution in [3.8, 4) is 11.4 Å². The van der Waals surface area contributed by atoms with Crippen molar-refractivity contribution in [2.45, 2.75) is 5.16 Å². The second kappa shape index (κ2) is 7.60. The minimum atomic E-state index is -0.0812. The molecule has 0 fully saturated rings. The molecule has 2 aromatic carbocycles. The van der Waals surface area contributed by atoms with Crippen LogP contribution in [0.1, 0.15) is 0 Å². The van der Waals surface area contributed by atoms with E-state index >= 15 is 0 Å². The summed E-state index contributed by atoms with van der Waals surface area (Å²) < 4.78 is 1.13. The van der Waals surface area contributed by atoms with Gasteiger partial charge >= 0.3 is 0 Å². The van der Waals surface area contributed by atoms with E-state index in [-0.39, 0.29) is 11.7 Å². The average Bonchev–Trinajstić information content (AvgIpc) is 3.05. The van der Waals surface area contributed by atoms with Gasteiger partial charge < -0.3 is 5.32 Å². The first-order valence-electron chi connectivity index (χ1n) is 6.87. The minimum absolute atomic E-state index is 0.0812. The molecule has 0 radical (unpaired) electrons. The third kappa shape index (κ3) is 4.55. The lowest BCUT2D eigenvalue weighted by atomic mass is 10.2. The second-order valence-corrected chi connectivity index (χ2v) is 6.86. The van der Waals surface area contributed by atoms with E-state index in [0.29, 0.717) is 11.0 Å². The Morgan fingerprint density at radius 3 is 2.61 bits per heavy atom. The maximum Gasteiger partial charge on any atom is 0.234 e. The number of rotatable bonds is 5. The van der Waals surface area contributed by atoms with Crippen molar-refractivity contribution < 1.29 is 4.79 Å². The molecular formula is C16H13IN4OS. The van der Waals surface area contributed by atoms with Crippen molar-refractivity contribution in [1.29, 1.82) is 0 Å². The summed E-state index contributed by atoms with van der Waals surface area (Å²) in [6.07, 6.45) is 0. The molecule has 23 heavy (non-hydrogen) atoms. The zero-order valence-corrected chi connectivity index (χ0v) is 15.0. The van der Waals surface area contributed by atoms with Gasteiger partial charge in [0.15, 0.2) is 5.82 Å². The van der Waals surface area contributed by atoms with E-state index in [4.69, 9.17) is 0 Å². The van der Waals surface area contributed by atoms with Gasteiger partial charge in [0.1, 0.15) is 0 Å². The van der Waals surface area contributed by atoms with Crippen LogP contribution in [0.25, 0.3) is 11.4 Å². The Kier molecular flexibility index (Phi) is 5.29. The summed E-state index contributed by atoms with van der Waals surface area (Å²) in [5, 5.41) is 10.4. The predicted molar refractivity (Wildman–Crippen MR) is 100 cm³/mol. The molecule has 0 aliphatic heterocycles. The van der Waals surface area contributed by atoms with Gasteiger partial charge in [0.2, 0.25) is 11.1 Å². The standard InChI is InChI=1S/C16H13IN4OS/c17-12-6-8-13(9-7-12)18-14(22)10-23-16-19-15(20-21-16)11-4-2-1-3-5-11/h1-9H,10H2,(H,18,22)(H,19,20,21). The number of hydrogen-bond acceptors (Lipinski definition) is 4. The van der Waals surface area contributed by atoms with E-state index in [1.807, 2.05) is 54.6 Å². The Labute approximate surface area is 151 Å². The van der Waals surface area contributed by atoms with Crippen LogP contribution in [0.15, 0.2) is 59.8 Å². The summed E-state index contributed by atoms with van der Waals surface area (Å²) in [5.74, 6) is 0.881. The van der Waals surface area contributed by atoms with E-state index < -0.39 is 0 Å². The summed E-state index contributed by atoms with van der Waals surface area (Å²) in [6, 6.07) is 17.4. The molecule has 0 bridgehead atoms. The number of halogens is 1. The molecule has 1 heterocycles. The van der Waals surface area contributed by atoms with Crippen LogP contribution < -0.4 is 5.32 Å². The van der Waals surface area contributed by atoms with Gasteiger partial charge in [-0.3, -0.25) is 9.89 Å². The third-order valence-electron chi connectivity index (χ3n) is 2.97. The number of carbonyl (C=O) groups is 1. The number of carbonyl (C=O) groups excluding carboxylic acids is 1. The normalized spacial score (nSPS) is 10.5. The number of hydrogen-bond donors (Lipinski definition) is 2. The fourth-order valence-electron chi connectivity index (χ4n) is 1.90. The number of nitrogens with one attached hydrogen (secondary N) is 2. The summed E-state index contributed by atoms with van der Waals surface area (Å²) in [7, 11) is 0. The van der Waals surface area contributed by atoms with E-state index in [0.717, 1.165) is 14.8 Å². The number of aromatic amines is 1. The molecular weight excluding hydrogens is 423 g/mol. The van der Waals surface area contributed by atoms with Gasteiger partial charge in [-0.1, -0.05) is 42.1 Å². The first-order valence-corrected chi connectivity index (χ1v) is 8.93. The highest BCUT2D eigenvalue weighted by molar-refractivity contribution is 14.1. The predicted octanol–water partition coefficient (Wildman–Crippen LogP) is 3.81. The monoisotopic (exact) mass is 436 g/mol. The van der Waals surface area contributed by atoms with Crippen molar-refractivity contribution >= 4 is 45.9 Å². The van der Waals surface area contributed by atoms with Crippen LogP contribution in [0.5, 0.6) is 0 Å². The second-order valence-electron chi connectivity index (χ2n) is 4.68. The number of nitrogens with zero attached hydrogens (tertiary/aromatic N) is 2. The molecule has 2 N–H and O–H groups in total. The minimum Gasteiger partial charge on any atom is -0.325 e. The zero-order chi connectivity index (χ0) is 16.1. The van der Waals surface area contributed by atoms with Crippen LogP contribution in [0.4, 0.5) is 5.69 Å². The van der Waals surface area contributed by atoms with Crippen LogP contribution in [0.3, 0.4) is 0 Å². The molecule has 0 aliphatic carbocycles. The zero-order valence-electron chi connectivity index (χ0n) is 12.0. The van der Waals surface area contributed by atoms with Crippen molar-refractivity contribution in [3.05, 3.63) is 58.2 Å². The fraction of sp³-hybridized carbons (Fsp3) is 0.0625. The highest BCUT2D eigenvalue weighted by Gasteiger charge is 2.09. The molecule has 0 unspecified atom stereocenters. The number of anilines is 1. The average molecular weight is 436 g/mol. The van der Waals surface area contributed by atoms with Crippen molar-refractivity contribution in [2.75, 3.05) is 11.1 Å². The highest BCUT2D eigenvalue weighted by atomic mass is 127. The first kappa shape index (κ1) is 16.0. The topological polar surface area (TPSA) is 70.7 Å². The van der Waals surface area contributed by atoms with Crippen LogP contribution in [-0.2, 0) is 4.79 Å². The van der Waals surface area contributed by atoms with Crippen LogP contribution in [0.2, 0.25) is 0 Å². The van der Waals surface area contributed by atoms with Gasteiger partial charge in [0.25, 0.3) is 0 Å². The van der Waals surface area contributed by atoms with Gasteiger partial charge in [-0.2, -0.15) is 0 Å². The molecule has 3 rings (SSSR count). The van der Waals surface area contributed by atoms with Gasteiger partial charge in [-0.25, -0.2) is 4.98 Å². The van der Waals surface area contributed by atoms with Gasteiger partial charge in [-0.15, -0.1) is 5.10 Å². The Balaban J connectivity index is 1.55. The van der Waals surface area contributed by atoms with Crippen molar-refractivity contribution in [3.63, 3.8) is 0 Å². The molecule has 0 atom stereocenters. The van der Waals surface area contributed by atoms with E-state index in [9.17, 15) is 4.79 Å². The molecule has 3 aromatic rings. The molecule has 1 aromatic heterocycles. The molecule has 0 aliphatic rings. The highest BCUT2D eigenvalue weighted by Crippen LogP contribution is 2.19. The number of aromatic nitrogens is 3. The molecule has 1 amide bonds. The van der Waals surface area contributed by atoms with Crippen molar-refractivity contribution in [2.24, 2.45) is 0 Å². The summed E-state index contributed by atoms with van der Waals surface area (Å²) in [6.45, 7) is 0. The molecule has 5 nitrogen and oxygen atoms in total. The fourth-order valence-corrected chi connectivity index (χ4v) is 2.85. The van der Waals surface area contributed by atoms with Gasteiger partial charge in [0, 0.05) is 14.8 Å². The van der Waals surface area contributed by atoms with Crippen molar-refractivity contribution in [1.82, 2.24) is 15.2 Å². The summed E-state index contributed by atoms with van der Waals surface area (Å²) in [4.78, 5) is 16.3. The third-order valence-corrected chi connectivity index (χ3v) is 4.54. The summed E-state index contributed by atoms with van der Waals surface area (Å²) in [5.41, 5.74) is 1.76. The maximum absolute atomic E-state index is 11.9. The number of thioether (sulfide) groups is 1. The largest absolute Gasteiger partial charge is 0.325 e. The number of H-pyrrole nitrogens is 1. The number of benzene rings is 2. The van der Waals surface area contributed by atoms with E-state index in [1.54, 1.807) is 0 Å². The van der Waals surface area contributed by atoms with E-state index in [1.165, 1.54) is 11.8 Å². The maximum atomic E-state index is 11.9. The Hall–Kier alpha value is -1.87. The molecule has 7 heteroatoms. The first-order chi connectivity index (χ1) is 11.2.